The largest absolute Gasteiger partial charge is 0.416 e. The maximum absolute atomic E-state index is 13.0. The van der Waals surface area contributed by atoms with Crippen LogP contribution < -0.4 is 0 Å². The lowest BCUT2D eigenvalue weighted by molar-refractivity contribution is -0.137. The van der Waals surface area contributed by atoms with Crippen molar-refractivity contribution >= 4 is 21.6 Å². The van der Waals surface area contributed by atoms with Crippen molar-refractivity contribution in [2.24, 2.45) is 0 Å². The zero-order valence-electron chi connectivity index (χ0n) is 15.0. The molecule has 0 saturated carbocycles. The molecule has 1 saturated heterocycles. The number of rotatable bonds is 4. The second-order valence-electron chi connectivity index (χ2n) is 6.66. The highest BCUT2D eigenvalue weighted by Crippen LogP contribution is 2.34. The van der Waals surface area contributed by atoms with E-state index in [0.717, 1.165) is 17.7 Å². The zero-order valence-corrected chi connectivity index (χ0v) is 16.6. The summed E-state index contributed by atoms with van der Waals surface area (Å²) in [7, 11) is -4.12. The standard InChI is InChI=1S/C19H20ClF3N2O2S/c20-17-8-7-16(19(21,22)23)13-18(17)28(26,27)25-10-4-9-24(11-12-25)14-15-5-2-1-3-6-15/h1-3,5-8,13H,4,9-12,14H2. The Labute approximate surface area is 167 Å². The fraction of sp³-hybridized carbons (Fsp3) is 0.368. The molecule has 2 aromatic carbocycles. The Bertz CT molecular complexity index is 921. The Kier molecular flexibility index (Phi) is 6.34. The van der Waals surface area contributed by atoms with Gasteiger partial charge in [0.1, 0.15) is 4.90 Å². The maximum Gasteiger partial charge on any atom is 0.416 e. The first-order chi connectivity index (χ1) is 13.2. The van der Waals surface area contributed by atoms with Crippen molar-refractivity contribution in [3.63, 3.8) is 0 Å². The van der Waals surface area contributed by atoms with Crippen LogP contribution in [-0.2, 0) is 22.7 Å². The molecule has 0 aliphatic carbocycles. The molecule has 0 spiro atoms. The fourth-order valence-corrected chi connectivity index (χ4v) is 5.17. The highest BCUT2D eigenvalue weighted by Gasteiger charge is 2.34. The van der Waals surface area contributed by atoms with Gasteiger partial charge in [0.25, 0.3) is 0 Å². The summed E-state index contributed by atoms with van der Waals surface area (Å²) in [6.45, 7) is 2.32. The molecule has 0 unspecified atom stereocenters. The topological polar surface area (TPSA) is 40.6 Å². The molecule has 4 nitrogen and oxygen atoms in total. The van der Waals surface area contributed by atoms with E-state index in [9.17, 15) is 21.6 Å². The van der Waals surface area contributed by atoms with Gasteiger partial charge in [-0.05, 0) is 36.7 Å². The highest BCUT2D eigenvalue weighted by atomic mass is 35.5. The third-order valence-electron chi connectivity index (χ3n) is 4.67. The molecule has 0 radical (unpaired) electrons. The molecular formula is C19H20ClF3N2O2S. The molecule has 1 fully saturated rings. The Morgan fingerprint density at radius 3 is 2.36 bits per heavy atom. The van der Waals surface area contributed by atoms with E-state index in [1.165, 1.54) is 4.31 Å². The SMILES string of the molecule is O=S(=O)(c1cc(C(F)(F)F)ccc1Cl)N1CCCN(Cc2ccccc2)CC1. The molecule has 1 heterocycles. The molecular weight excluding hydrogens is 413 g/mol. The first kappa shape index (κ1) is 21.1. The Morgan fingerprint density at radius 2 is 1.68 bits per heavy atom. The van der Waals surface area contributed by atoms with E-state index in [1.54, 1.807) is 0 Å². The van der Waals surface area contributed by atoms with Gasteiger partial charge in [-0.3, -0.25) is 4.90 Å². The summed E-state index contributed by atoms with van der Waals surface area (Å²) >= 11 is 5.94. The van der Waals surface area contributed by atoms with Crippen molar-refractivity contribution in [1.82, 2.24) is 9.21 Å². The van der Waals surface area contributed by atoms with Crippen LogP contribution in [0.5, 0.6) is 0 Å². The molecule has 1 aliphatic heterocycles. The van der Waals surface area contributed by atoms with Crippen LogP contribution in [0, 0.1) is 0 Å². The van der Waals surface area contributed by atoms with E-state index in [-0.39, 0.29) is 18.1 Å². The van der Waals surface area contributed by atoms with Crippen molar-refractivity contribution in [3.8, 4) is 0 Å². The van der Waals surface area contributed by atoms with E-state index in [4.69, 9.17) is 11.6 Å². The summed E-state index contributed by atoms with van der Waals surface area (Å²) in [4.78, 5) is 1.64. The van der Waals surface area contributed by atoms with E-state index >= 15 is 0 Å². The molecule has 0 N–H and O–H groups in total. The lowest BCUT2D eigenvalue weighted by Gasteiger charge is -2.22. The Balaban J connectivity index is 1.78. The number of alkyl halides is 3. The third-order valence-corrected chi connectivity index (χ3v) is 7.05. The van der Waals surface area contributed by atoms with Crippen molar-refractivity contribution in [2.45, 2.75) is 24.0 Å². The van der Waals surface area contributed by atoms with Crippen LogP contribution in [-0.4, -0.2) is 43.8 Å². The molecule has 0 atom stereocenters. The van der Waals surface area contributed by atoms with Gasteiger partial charge in [0, 0.05) is 26.2 Å². The van der Waals surface area contributed by atoms with Crippen molar-refractivity contribution < 1.29 is 21.6 Å². The van der Waals surface area contributed by atoms with Crippen LogP contribution in [0.2, 0.25) is 5.02 Å². The van der Waals surface area contributed by atoms with Gasteiger partial charge in [-0.2, -0.15) is 17.5 Å². The van der Waals surface area contributed by atoms with Gasteiger partial charge in [-0.1, -0.05) is 41.9 Å². The normalized spacial score (nSPS) is 17.4. The summed E-state index contributed by atoms with van der Waals surface area (Å²) in [5, 5.41) is -0.210. The molecule has 0 aromatic heterocycles. The van der Waals surface area contributed by atoms with Crippen LogP contribution in [0.4, 0.5) is 13.2 Å². The van der Waals surface area contributed by atoms with Crippen LogP contribution in [0.15, 0.2) is 53.4 Å². The van der Waals surface area contributed by atoms with E-state index in [2.05, 4.69) is 4.90 Å². The lowest BCUT2D eigenvalue weighted by atomic mass is 10.2. The second kappa shape index (κ2) is 8.41. The average molecular weight is 433 g/mol. The number of hydrogen-bond acceptors (Lipinski definition) is 3. The number of benzene rings is 2. The summed E-state index contributed by atoms with van der Waals surface area (Å²) in [6, 6.07) is 12.2. The van der Waals surface area contributed by atoms with Gasteiger partial charge in [0.05, 0.1) is 10.6 Å². The second-order valence-corrected chi connectivity index (χ2v) is 8.98. The summed E-state index contributed by atoms with van der Waals surface area (Å²) < 4.78 is 66.1. The molecule has 0 bridgehead atoms. The van der Waals surface area contributed by atoms with Gasteiger partial charge in [0.15, 0.2) is 0 Å². The van der Waals surface area contributed by atoms with Crippen LogP contribution >= 0.6 is 11.6 Å². The summed E-state index contributed by atoms with van der Waals surface area (Å²) in [5.41, 5.74) is 0.0933. The molecule has 2 aromatic rings. The minimum atomic E-state index is -4.64. The van der Waals surface area contributed by atoms with Crippen molar-refractivity contribution in [2.75, 3.05) is 26.2 Å². The predicted octanol–water partition coefficient (Wildman–Crippen LogP) is 4.26. The minimum Gasteiger partial charge on any atom is -0.298 e. The molecule has 0 amide bonds. The van der Waals surface area contributed by atoms with Crippen LogP contribution in [0.1, 0.15) is 17.5 Å². The van der Waals surface area contributed by atoms with Crippen molar-refractivity contribution in [1.29, 1.82) is 0 Å². The van der Waals surface area contributed by atoms with E-state index < -0.39 is 26.7 Å². The minimum absolute atomic E-state index is 0.196. The fourth-order valence-electron chi connectivity index (χ4n) is 3.20. The molecule has 3 rings (SSSR count). The molecule has 1 aliphatic rings. The van der Waals surface area contributed by atoms with Gasteiger partial charge in [-0.25, -0.2) is 8.42 Å². The Hall–Kier alpha value is -1.61. The summed E-state index contributed by atoms with van der Waals surface area (Å²) in [6.07, 6.45) is -4.05. The number of nitrogens with zero attached hydrogens (tertiary/aromatic N) is 2. The van der Waals surface area contributed by atoms with Gasteiger partial charge < -0.3 is 0 Å². The highest BCUT2D eigenvalue weighted by molar-refractivity contribution is 7.89. The number of sulfonamides is 1. The smallest absolute Gasteiger partial charge is 0.298 e. The summed E-state index contributed by atoms with van der Waals surface area (Å²) in [5.74, 6) is 0. The first-order valence-electron chi connectivity index (χ1n) is 8.81. The monoisotopic (exact) mass is 432 g/mol. The number of halogens is 4. The molecule has 152 valence electrons. The molecule has 9 heteroatoms. The zero-order chi connectivity index (χ0) is 20.4. The van der Waals surface area contributed by atoms with Crippen molar-refractivity contribution in [3.05, 3.63) is 64.7 Å². The quantitative estimate of drug-likeness (QED) is 0.725. The number of hydrogen-bond donors (Lipinski definition) is 0. The average Bonchev–Trinajstić information content (AvgIpc) is 2.88. The van der Waals surface area contributed by atoms with E-state index in [1.807, 2.05) is 30.3 Å². The van der Waals surface area contributed by atoms with E-state index in [0.29, 0.717) is 32.1 Å². The first-order valence-corrected chi connectivity index (χ1v) is 10.6. The molecule has 28 heavy (non-hydrogen) atoms. The Morgan fingerprint density at radius 1 is 0.964 bits per heavy atom. The third kappa shape index (κ3) is 4.86. The van der Waals surface area contributed by atoms with Gasteiger partial charge in [-0.15, -0.1) is 0 Å². The van der Waals surface area contributed by atoms with Crippen LogP contribution in [0.3, 0.4) is 0 Å². The lowest BCUT2D eigenvalue weighted by Crippen LogP contribution is -2.35. The van der Waals surface area contributed by atoms with Crippen LogP contribution in [0.25, 0.3) is 0 Å². The van der Waals surface area contributed by atoms with Gasteiger partial charge >= 0.3 is 6.18 Å². The van der Waals surface area contributed by atoms with Gasteiger partial charge in [0.2, 0.25) is 10.0 Å². The predicted molar refractivity (Wildman–Crippen MR) is 102 cm³/mol. The maximum atomic E-state index is 13.0.